The van der Waals surface area contributed by atoms with Gasteiger partial charge in [-0.1, -0.05) is 42.5 Å². The van der Waals surface area contributed by atoms with Crippen molar-refractivity contribution in [3.8, 4) is 5.75 Å². The van der Waals surface area contributed by atoms with Crippen molar-refractivity contribution in [2.45, 2.75) is 18.6 Å². The number of hydrogen-bond donors (Lipinski definition) is 1. The SMILES string of the molecule is COc1ccccc1NC(=O)CCS[C@@H](C)c1ccccc1. The number of rotatable bonds is 7. The standard InChI is InChI=1S/C18H21NO2S/c1-14(15-8-4-3-5-9-15)22-13-12-18(20)19-16-10-6-7-11-17(16)21-2/h3-11,14H,12-13H2,1-2H3,(H,19,20)/t14-/m0/s1. The maximum Gasteiger partial charge on any atom is 0.225 e. The number of carbonyl (C=O) groups excluding carboxylic acids is 1. The summed E-state index contributed by atoms with van der Waals surface area (Å²) in [6.45, 7) is 2.16. The van der Waals surface area contributed by atoms with Gasteiger partial charge < -0.3 is 10.1 Å². The van der Waals surface area contributed by atoms with Crippen LogP contribution in [0.5, 0.6) is 5.75 Å². The monoisotopic (exact) mass is 315 g/mol. The Morgan fingerprint density at radius 3 is 2.55 bits per heavy atom. The minimum Gasteiger partial charge on any atom is -0.495 e. The molecule has 0 radical (unpaired) electrons. The summed E-state index contributed by atoms with van der Waals surface area (Å²) in [7, 11) is 1.60. The van der Waals surface area contributed by atoms with Crippen LogP contribution in [0, 0.1) is 0 Å². The van der Waals surface area contributed by atoms with Crippen LogP contribution >= 0.6 is 11.8 Å². The molecule has 0 aliphatic rings. The lowest BCUT2D eigenvalue weighted by molar-refractivity contribution is -0.115. The van der Waals surface area contributed by atoms with Crippen LogP contribution in [-0.2, 0) is 4.79 Å². The number of anilines is 1. The van der Waals surface area contributed by atoms with E-state index in [-0.39, 0.29) is 5.91 Å². The molecule has 0 fully saturated rings. The van der Waals surface area contributed by atoms with Crippen LogP contribution in [0.2, 0.25) is 0 Å². The van der Waals surface area contributed by atoms with E-state index in [1.807, 2.05) is 42.5 Å². The Labute approximate surface area is 136 Å². The van der Waals surface area contributed by atoms with Gasteiger partial charge in [-0.25, -0.2) is 0 Å². The molecule has 0 spiro atoms. The Hall–Kier alpha value is -1.94. The summed E-state index contributed by atoms with van der Waals surface area (Å²) in [5, 5.41) is 3.29. The number of methoxy groups -OCH3 is 1. The zero-order chi connectivity index (χ0) is 15.8. The van der Waals surface area contributed by atoms with Gasteiger partial charge >= 0.3 is 0 Å². The Kier molecular flexibility index (Phi) is 6.34. The summed E-state index contributed by atoms with van der Waals surface area (Å²) < 4.78 is 5.23. The van der Waals surface area contributed by atoms with Gasteiger partial charge in [0.05, 0.1) is 12.8 Å². The van der Waals surface area contributed by atoms with E-state index in [1.54, 1.807) is 18.9 Å². The highest BCUT2D eigenvalue weighted by Crippen LogP contribution is 2.28. The van der Waals surface area contributed by atoms with Crippen molar-refractivity contribution in [2.24, 2.45) is 0 Å². The maximum absolute atomic E-state index is 12.0. The highest BCUT2D eigenvalue weighted by atomic mass is 32.2. The smallest absolute Gasteiger partial charge is 0.225 e. The molecule has 0 heterocycles. The second-order valence-electron chi connectivity index (χ2n) is 4.92. The molecule has 2 aromatic rings. The van der Waals surface area contributed by atoms with Crippen LogP contribution in [0.25, 0.3) is 0 Å². The largest absolute Gasteiger partial charge is 0.495 e. The molecule has 0 bridgehead atoms. The van der Waals surface area contributed by atoms with Gasteiger partial charge in [0, 0.05) is 17.4 Å². The predicted octanol–water partition coefficient (Wildman–Crippen LogP) is 4.52. The molecular weight excluding hydrogens is 294 g/mol. The predicted molar refractivity (Wildman–Crippen MR) is 93.6 cm³/mol. The third-order valence-corrected chi connectivity index (χ3v) is 4.56. The first kappa shape index (κ1) is 16.4. The summed E-state index contributed by atoms with van der Waals surface area (Å²) in [5.41, 5.74) is 2.01. The van der Waals surface area contributed by atoms with Gasteiger partial charge in [-0.2, -0.15) is 11.8 Å². The van der Waals surface area contributed by atoms with Crippen molar-refractivity contribution < 1.29 is 9.53 Å². The maximum atomic E-state index is 12.0. The Morgan fingerprint density at radius 1 is 1.14 bits per heavy atom. The Morgan fingerprint density at radius 2 is 1.82 bits per heavy atom. The quantitative estimate of drug-likeness (QED) is 0.816. The van der Waals surface area contributed by atoms with E-state index in [1.165, 1.54) is 5.56 Å². The third kappa shape index (κ3) is 4.81. The lowest BCUT2D eigenvalue weighted by Gasteiger charge is -2.12. The van der Waals surface area contributed by atoms with Crippen LogP contribution in [-0.4, -0.2) is 18.8 Å². The summed E-state index contributed by atoms with van der Waals surface area (Å²) in [5.74, 6) is 1.48. The van der Waals surface area contributed by atoms with Gasteiger partial charge in [0.1, 0.15) is 5.75 Å². The second-order valence-corrected chi connectivity index (χ2v) is 6.37. The fraction of sp³-hybridized carbons (Fsp3) is 0.278. The van der Waals surface area contributed by atoms with Crippen LogP contribution in [0.3, 0.4) is 0 Å². The number of ether oxygens (including phenoxy) is 1. The van der Waals surface area contributed by atoms with Crippen LogP contribution in [0.4, 0.5) is 5.69 Å². The summed E-state index contributed by atoms with van der Waals surface area (Å²) in [6, 6.07) is 17.8. The highest BCUT2D eigenvalue weighted by molar-refractivity contribution is 7.99. The zero-order valence-corrected chi connectivity index (χ0v) is 13.7. The summed E-state index contributed by atoms with van der Waals surface area (Å²) in [4.78, 5) is 12.0. The van der Waals surface area contributed by atoms with E-state index in [0.717, 1.165) is 11.4 Å². The van der Waals surface area contributed by atoms with Crippen molar-refractivity contribution in [1.29, 1.82) is 0 Å². The van der Waals surface area contributed by atoms with Crippen LogP contribution in [0.1, 0.15) is 24.2 Å². The molecule has 0 aliphatic heterocycles. The molecule has 1 amide bonds. The van der Waals surface area contributed by atoms with E-state index in [0.29, 0.717) is 17.4 Å². The number of amides is 1. The fourth-order valence-corrected chi connectivity index (χ4v) is 3.12. The van der Waals surface area contributed by atoms with Crippen molar-refractivity contribution in [3.63, 3.8) is 0 Å². The molecule has 0 saturated heterocycles. The van der Waals surface area contributed by atoms with E-state index in [4.69, 9.17) is 4.74 Å². The molecule has 0 saturated carbocycles. The molecule has 2 rings (SSSR count). The molecule has 116 valence electrons. The first-order valence-electron chi connectivity index (χ1n) is 7.30. The Balaban J connectivity index is 1.78. The number of carbonyl (C=O) groups is 1. The van der Waals surface area contributed by atoms with Gasteiger partial charge in [-0.3, -0.25) is 4.79 Å². The first-order chi connectivity index (χ1) is 10.7. The van der Waals surface area contributed by atoms with E-state index < -0.39 is 0 Å². The Bertz CT molecular complexity index is 601. The molecular formula is C18H21NO2S. The fourth-order valence-electron chi connectivity index (χ4n) is 2.11. The third-order valence-electron chi connectivity index (χ3n) is 3.35. The molecule has 22 heavy (non-hydrogen) atoms. The second kappa shape index (κ2) is 8.49. The van der Waals surface area contributed by atoms with Gasteiger partial charge in [0.15, 0.2) is 0 Å². The highest BCUT2D eigenvalue weighted by Gasteiger charge is 2.09. The van der Waals surface area contributed by atoms with E-state index in [2.05, 4.69) is 24.4 Å². The van der Waals surface area contributed by atoms with Crippen molar-refractivity contribution in [3.05, 3.63) is 60.2 Å². The van der Waals surface area contributed by atoms with E-state index in [9.17, 15) is 4.79 Å². The number of nitrogens with one attached hydrogen (secondary N) is 1. The van der Waals surface area contributed by atoms with Crippen molar-refractivity contribution in [1.82, 2.24) is 0 Å². The average molecular weight is 315 g/mol. The molecule has 4 heteroatoms. The normalized spacial score (nSPS) is 11.7. The van der Waals surface area contributed by atoms with E-state index >= 15 is 0 Å². The molecule has 1 N–H and O–H groups in total. The topological polar surface area (TPSA) is 38.3 Å². The lowest BCUT2D eigenvalue weighted by atomic mass is 10.2. The van der Waals surface area contributed by atoms with Crippen molar-refractivity contribution >= 4 is 23.4 Å². The summed E-state index contributed by atoms with van der Waals surface area (Å²) in [6.07, 6.45) is 0.486. The molecule has 0 aliphatic carbocycles. The van der Waals surface area contributed by atoms with Crippen LogP contribution < -0.4 is 10.1 Å². The molecule has 3 nitrogen and oxygen atoms in total. The molecule has 0 unspecified atom stereocenters. The van der Waals surface area contributed by atoms with Crippen molar-refractivity contribution in [2.75, 3.05) is 18.2 Å². The number of para-hydroxylation sites is 2. The minimum absolute atomic E-state index is 0.0114. The number of thioether (sulfide) groups is 1. The first-order valence-corrected chi connectivity index (χ1v) is 8.35. The zero-order valence-electron chi connectivity index (χ0n) is 12.9. The van der Waals surface area contributed by atoms with Gasteiger partial charge in [-0.05, 0) is 24.6 Å². The molecule has 2 aromatic carbocycles. The molecule has 1 atom stereocenters. The average Bonchev–Trinajstić information content (AvgIpc) is 2.56. The number of hydrogen-bond acceptors (Lipinski definition) is 3. The van der Waals surface area contributed by atoms with Crippen LogP contribution in [0.15, 0.2) is 54.6 Å². The minimum atomic E-state index is 0.0114. The summed E-state index contributed by atoms with van der Waals surface area (Å²) >= 11 is 1.79. The molecule has 0 aromatic heterocycles. The number of benzene rings is 2. The van der Waals surface area contributed by atoms with Gasteiger partial charge in [0.25, 0.3) is 0 Å². The van der Waals surface area contributed by atoms with Gasteiger partial charge in [-0.15, -0.1) is 0 Å². The van der Waals surface area contributed by atoms with Gasteiger partial charge in [0.2, 0.25) is 5.91 Å². The lowest BCUT2D eigenvalue weighted by Crippen LogP contribution is -2.13.